The number of aromatic amines is 1. The first-order valence-electron chi connectivity index (χ1n) is 5.44. The number of H-pyrrole nitrogens is 1. The molecular weight excluding hydrogens is 255 g/mol. The molecule has 19 heavy (non-hydrogen) atoms. The minimum Gasteiger partial charge on any atom is -0.362 e. The number of aromatic nitrogens is 1. The monoisotopic (exact) mass is 265 g/mol. The van der Waals surface area contributed by atoms with Gasteiger partial charge in [-0.2, -0.15) is 18.4 Å². The highest BCUT2D eigenvalue weighted by Gasteiger charge is 2.29. The summed E-state index contributed by atoms with van der Waals surface area (Å²) in [5, 5.41) is 11.9. The second kappa shape index (κ2) is 4.69. The van der Waals surface area contributed by atoms with Crippen LogP contribution >= 0.6 is 0 Å². The Bertz CT molecular complexity index is 618. The van der Waals surface area contributed by atoms with E-state index in [9.17, 15) is 13.2 Å². The quantitative estimate of drug-likeness (QED) is 0.863. The molecule has 1 aromatic heterocycles. The third-order valence-electron chi connectivity index (χ3n) is 2.68. The Labute approximate surface area is 107 Å². The molecule has 0 bridgehead atoms. The Balaban J connectivity index is 2.23. The van der Waals surface area contributed by atoms with Gasteiger partial charge in [-0.25, -0.2) is 0 Å². The van der Waals surface area contributed by atoms with Crippen LogP contribution in [-0.2, 0) is 6.18 Å². The number of nitriles is 1. The molecule has 1 heterocycles. The summed E-state index contributed by atoms with van der Waals surface area (Å²) < 4.78 is 37.2. The van der Waals surface area contributed by atoms with E-state index in [4.69, 9.17) is 5.26 Å². The van der Waals surface area contributed by atoms with E-state index in [0.717, 1.165) is 12.1 Å². The largest absolute Gasteiger partial charge is 0.416 e. The van der Waals surface area contributed by atoms with Gasteiger partial charge in [0.1, 0.15) is 6.07 Å². The molecule has 1 aromatic carbocycles. The summed E-state index contributed by atoms with van der Waals surface area (Å²) >= 11 is 0. The van der Waals surface area contributed by atoms with Crippen LogP contribution in [0.1, 0.15) is 16.8 Å². The average Bonchev–Trinajstić information content (AvgIpc) is 2.69. The molecule has 0 aliphatic rings. The highest BCUT2D eigenvalue weighted by molar-refractivity contribution is 5.67. The average molecular weight is 265 g/mol. The third-order valence-corrected chi connectivity index (χ3v) is 2.68. The number of nitrogens with zero attached hydrogens (tertiary/aromatic N) is 1. The lowest BCUT2D eigenvalue weighted by molar-refractivity contribution is -0.137. The van der Waals surface area contributed by atoms with Crippen molar-refractivity contribution < 1.29 is 13.2 Å². The van der Waals surface area contributed by atoms with Gasteiger partial charge in [0.25, 0.3) is 0 Å². The van der Waals surface area contributed by atoms with Gasteiger partial charge in [0, 0.05) is 17.6 Å². The lowest BCUT2D eigenvalue weighted by Crippen LogP contribution is -2.04. The fourth-order valence-electron chi connectivity index (χ4n) is 1.67. The van der Waals surface area contributed by atoms with Crippen LogP contribution in [0.4, 0.5) is 24.5 Å². The van der Waals surface area contributed by atoms with Crippen molar-refractivity contribution in [3.05, 3.63) is 47.3 Å². The van der Waals surface area contributed by atoms with Crippen molar-refractivity contribution in [1.82, 2.24) is 4.98 Å². The number of hydrogen-bond acceptors (Lipinski definition) is 2. The van der Waals surface area contributed by atoms with Crippen molar-refractivity contribution >= 4 is 11.4 Å². The van der Waals surface area contributed by atoms with E-state index in [1.165, 1.54) is 12.1 Å². The minimum atomic E-state index is -4.35. The summed E-state index contributed by atoms with van der Waals surface area (Å²) in [4.78, 5) is 2.88. The Morgan fingerprint density at radius 2 is 1.84 bits per heavy atom. The molecule has 0 saturated carbocycles. The topological polar surface area (TPSA) is 51.6 Å². The molecule has 2 N–H and O–H groups in total. The van der Waals surface area contributed by atoms with Crippen LogP contribution in [0.2, 0.25) is 0 Å². The molecular formula is C13H10F3N3. The van der Waals surface area contributed by atoms with Gasteiger partial charge in [-0.1, -0.05) is 0 Å². The fourth-order valence-corrected chi connectivity index (χ4v) is 1.67. The normalized spacial score (nSPS) is 11.1. The standard InChI is InChI=1S/C13H10F3N3/c1-8-11(6-17)12(7-18-8)19-10-4-2-9(3-5-10)13(14,15)16/h2-5,7,18-19H,1H3. The fraction of sp³-hybridized carbons (Fsp3) is 0.154. The molecule has 0 amide bonds. The van der Waals surface area contributed by atoms with Crippen molar-refractivity contribution in [1.29, 1.82) is 5.26 Å². The zero-order valence-corrected chi connectivity index (χ0v) is 9.97. The summed E-state index contributed by atoms with van der Waals surface area (Å²) in [6.45, 7) is 1.75. The summed E-state index contributed by atoms with van der Waals surface area (Å²) in [5.74, 6) is 0. The van der Waals surface area contributed by atoms with Gasteiger partial charge in [0.2, 0.25) is 0 Å². The lowest BCUT2D eigenvalue weighted by Gasteiger charge is -2.08. The number of halogens is 3. The molecule has 0 aliphatic carbocycles. The van der Waals surface area contributed by atoms with E-state index in [2.05, 4.69) is 10.3 Å². The van der Waals surface area contributed by atoms with Gasteiger partial charge < -0.3 is 10.3 Å². The van der Waals surface area contributed by atoms with Crippen molar-refractivity contribution in [2.45, 2.75) is 13.1 Å². The van der Waals surface area contributed by atoms with Gasteiger partial charge in [-0.3, -0.25) is 0 Å². The zero-order valence-electron chi connectivity index (χ0n) is 9.97. The molecule has 0 radical (unpaired) electrons. The predicted octanol–water partition coefficient (Wildman–Crippen LogP) is 3.96. The molecule has 0 fully saturated rings. The van der Waals surface area contributed by atoms with Crippen molar-refractivity contribution in [2.75, 3.05) is 5.32 Å². The summed E-state index contributed by atoms with van der Waals surface area (Å²) in [5.41, 5.74) is 1.48. The number of alkyl halides is 3. The Kier molecular flexibility index (Phi) is 3.21. The van der Waals surface area contributed by atoms with E-state index >= 15 is 0 Å². The summed E-state index contributed by atoms with van der Waals surface area (Å²) in [7, 11) is 0. The first-order valence-corrected chi connectivity index (χ1v) is 5.44. The number of benzene rings is 1. The zero-order chi connectivity index (χ0) is 14.0. The van der Waals surface area contributed by atoms with E-state index in [0.29, 0.717) is 22.6 Å². The molecule has 2 rings (SSSR count). The van der Waals surface area contributed by atoms with Crippen LogP contribution < -0.4 is 5.32 Å². The van der Waals surface area contributed by atoms with E-state index in [-0.39, 0.29) is 0 Å². The second-order valence-corrected chi connectivity index (χ2v) is 4.01. The Morgan fingerprint density at radius 1 is 1.21 bits per heavy atom. The lowest BCUT2D eigenvalue weighted by atomic mass is 10.2. The maximum atomic E-state index is 12.4. The van der Waals surface area contributed by atoms with Crippen molar-refractivity contribution in [2.24, 2.45) is 0 Å². The van der Waals surface area contributed by atoms with Crippen molar-refractivity contribution in [3.8, 4) is 6.07 Å². The smallest absolute Gasteiger partial charge is 0.362 e. The van der Waals surface area contributed by atoms with Crippen LogP contribution in [-0.4, -0.2) is 4.98 Å². The third kappa shape index (κ3) is 2.71. The minimum absolute atomic E-state index is 0.444. The predicted molar refractivity (Wildman–Crippen MR) is 65.0 cm³/mol. The van der Waals surface area contributed by atoms with Crippen LogP contribution in [0.25, 0.3) is 0 Å². The van der Waals surface area contributed by atoms with E-state index in [1.807, 2.05) is 6.07 Å². The van der Waals surface area contributed by atoms with Crippen LogP contribution in [0.3, 0.4) is 0 Å². The number of hydrogen-bond donors (Lipinski definition) is 2. The Hall–Kier alpha value is -2.42. The van der Waals surface area contributed by atoms with Crippen LogP contribution in [0.5, 0.6) is 0 Å². The number of aryl methyl sites for hydroxylation is 1. The Morgan fingerprint density at radius 3 is 2.37 bits per heavy atom. The maximum Gasteiger partial charge on any atom is 0.416 e. The molecule has 3 nitrogen and oxygen atoms in total. The summed E-state index contributed by atoms with van der Waals surface area (Å²) in [6, 6.07) is 6.67. The number of anilines is 2. The van der Waals surface area contributed by atoms with Gasteiger partial charge in [0.05, 0.1) is 16.8 Å². The first kappa shape index (κ1) is 13.0. The van der Waals surface area contributed by atoms with Crippen LogP contribution in [0.15, 0.2) is 30.5 Å². The maximum absolute atomic E-state index is 12.4. The van der Waals surface area contributed by atoms with Gasteiger partial charge >= 0.3 is 6.18 Å². The highest BCUT2D eigenvalue weighted by atomic mass is 19.4. The number of nitrogens with one attached hydrogen (secondary N) is 2. The molecule has 0 aliphatic heterocycles. The molecule has 6 heteroatoms. The van der Waals surface area contributed by atoms with Gasteiger partial charge in [-0.05, 0) is 31.2 Å². The molecule has 0 unspecified atom stereocenters. The van der Waals surface area contributed by atoms with E-state index < -0.39 is 11.7 Å². The summed E-state index contributed by atoms with van der Waals surface area (Å²) in [6.07, 6.45) is -2.74. The second-order valence-electron chi connectivity index (χ2n) is 4.01. The van der Waals surface area contributed by atoms with Gasteiger partial charge in [0.15, 0.2) is 0 Å². The van der Waals surface area contributed by atoms with Crippen LogP contribution in [0, 0.1) is 18.3 Å². The van der Waals surface area contributed by atoms with Gasteiger partial charge in [-0.15, -0.1) is 0 Å². The molecule has 2 aromatic rings. The first-order chi connectivity index (χ1) is 8.91. The van der Waals surface area contributed by atoms with Crippen molar-refractivity contribution in [3.63, 3.8) is 0 Å². The molecule has 0 atom stereocenters. The molecule has 0 spiro atoms. The highest BCUT2D eigenvalue weighted by Crippen LogP contribution is 2.30. The molecule has 98 valence electrons. The molecule has 0 saturated heterocycles. The van der Waals surface area contributed by atoms with E-state index in [1.54, 1.807) is 13.1 Å². The SMILES string of the molecule is Cc1[nH]cc(Nc2ccc(C(F)(F)F)cc2)c1C#N. The number of rotatable bonds is 2.